The Bertz CT molecular complexity index is 756. The van der Waals surface area contributed by atoms with Crippen LogP contribution in [0.3, 0.4) is 0 Å². The summed E-state index contributed by atoms with van der Waals surface area (Å²) in [4.78, 5) is 24.6. The standard InChI is InChI=1S/C17H16N2O4S/c20-16(18-10-12-4-3-7-22-12)13-5-1-2-6-14(13)19-17(21)15-11-24-9-8-23-15/h1-7,11H,8-10H2,(H,18,20)(H,19,21). The number of carbonyl (C=O) groups excluding carboxylic acids is 2. The molecule has 1 aromatic carbocycles. The summed E-state index contributed by atoms with van der Waals surface area (Å²) in [5.74, 6) is 1.08. The number of carbonyl (C=O) groups is 2. The summed E-state index contributed by atoms with van der Waals surface area (Å²) in [5.41, 5.74) is 0.806. The van der Waals surface area contributed by atoms with Crippen molar-refractivity contribution in [2.45, 2.75) is 6.54 Å². The van der Waals surface area contributed by atoms with Crippen LogP contribution >= 0.6 is 11.8 Å². The molecule has 0 aliphatic carbocycles. The summed E-state index contributed by atoms with van der Waals surface area (Å²) < 4.78 is 10.5. The summed E-state index contributed by atoms with van der Waals surface area (Å²) in [6, 6.07) is 10.4. The van der Waals surface area contributed by atoms with Crippen molar-refractivity contribution in [2.75, 3.05) is 17.7 Å². The number of hydrogen-bond acceptors (Lipinski definition) is 5. The number of anilines is 1. The lowest BCUT2D eigenvalue weighted by molar-refractivity contribution is -0.116. The molecule has 3 rings (SSSR count). The van der Waals surface area contributed by atoms with E-state index in [4.69, 9.17) is 9.15 Å². The van der Waals surface area contributed by atoms with Gasteiger partial charge in [-0.05, 0) is 24.3 Å². The summed E-state index contributed by atoms with van der Waals surface area (Å²) >= 11 is 1.52. The Labute approximate surface area is 143 Å². The summed E-state index contributed by atoms with van der Waals surface area (Å²) in [6.45, 7) is 0.772. The third-order valence-electron chi connectivity index (χ3n) is 3.30. The van der Waals surface area contributed by atoms with Crippen LogP contribution < -0.4 is 10.6 Å². The molecule has 2 aromatic rings. The first-order chi connectivity index (χ1) is 11.7. The molecular formula is C17H16N2O4S. The van der Waals surface area contributed by atoms with Crippen LogP contribution in [0.15, 0.2) is 58.2 Å². The Morgan fingerprint density at radius 1 is 1.12 bits per heavy atom. The van der Waals surface area contributed by atoms with E-state index in [1.54, 1.807) is 48.1 Å². The largest absolute Gasteiger partial charge is 0.487 e. The van der Waals surface area contributed by atoms with E-state index < -0.39 is 0 Å². The molecule has 2 N–H and O–H groups in total. The first-order valence-corrected chi connectivity index (χ1v) is 8.44. The van der Waals surface area contributed by atoms with Gasteiger partial charge in [-0.2, -0.15) is 0 Å². The van der Waals surface area contributed by atoms with Crippen LogP contribution in [-0.4, -0.2) is 24.2 Å². The minimum atomic E-state index is -0.367. The minimum absolute atomic E-state index is 0.261. The quantitative estimate of drug-likeness (QED) is 0.872. The fourth-order valence-electron chi connectivity index (χ4n) is 2.14. The van der Waals surface area contributed by atoms with Crippen LogP contribution in [0.5, 0.6) is 0 Å². The number of hydrogen-bond donors (Lipinski definition) is 2. The maximum Gasteiger partial charge on any atom is 0.291 e. The van der Waals surface area contributed by atoms with Crippen LogP contribution in [0.4, 0.5) is 5.69 Å². The number of nitrogens with one attached hydrogen (secondary N) is 2. The lowest BCUT2D eigenvalue weighted by Crippen LogP contribution is -2.25. The van der Waals surface area contributed by atoms with Crippen LogP contribution in [0.1, 0.15) is 16.1 Å². The molecule has 0 spiro atoms. The molecule has 1 aliphatic rings. The molecule has 2 amide bonds. The molecule has 0 atom stereocenters. The van der Waals surface area contributed by atoms with Crippen molar-refractivity contribution < 1.29 is 18.7 Å². The summed E-state index contributed by atoms with van der Waals surface area (Å²) in [7, 11) is 0. The molecule has 0 saturated carbocycles. The van der Waals surface area contributed by atoms with Crippen LogP contribution in [0, 0.1) is 0 Å². The molecule has 7 heteroatoms. The Hall–Kier alpha value is -2.67. The Kier molecular flexibility index (Phi) is 5.22. The number of thioether (sulfide) groups is 1. The smallest absolute Gasteiger partial charge is 0.291 e. The van der Waals surface area contributed by atoms with Gasteiger partial charge in [0.25, 0.3) is 11.8 Å². The number of para-hydroxylation sites is 1. The van der Waals surface area contributed by atoms with Gasteiger partial charge >= 0.3 is 0 Å². The highest BCUT2D eigenvalue weighted by Crippen LogP contribution is 2.19. The predicted molar refractivity (Wildman–Crippen MR) is 91.4 cm³/mol. The Balaban J connectivity index is 1.69. The van der Waals surface area contributed by atoms with Crippen molar-refractivity contribution in [3.63, 3.8) is 0 Å². The van der Waals surface area contributed by atoms with E-state index in [9.17, 15) is 9.59 Å². The first-order valence-electron chi connectivity index (χ1n) is 7.39. The molecular weight excluding hydrogens is 328 g/mol. The number of rotatable bonds is 5. The van der Waals surface area contributed by atoms with E-state index >= 15 is 0 Å². The maximum atomic E-state index is 12.4. The monoisotopic (exact) mass is 344 g/mol. The number of furan rings is 1. The van der Waals surface area contributed by atoms with E-state index in [1.165, 1.54) is 11.8 Å². The molecule has 0 saturated heterocycles. The second-order valence-electron chi connectivity index (χ2n) is 4.96. The summed E-state index contributed by atoms with van der Waals surface area (Å²) in [5, 5.41) is 7.16. The SMILES string of the molecule is O=C(Nc1ccccc1C(=O)NCc1ccco1)C1=CSCCO1. The zero-order valence-electron chi connectivity index (χ0n) is 12.8. The highest BCUT2D eigenvalue weighted by atomic mass is 32.2. The lowest BCUT2D eigenvalue weighted by Gasteiger charge is -2.15. The van der Waals surface area contributed by atoms with Crippen molar-refractivity contribution in [3.8, 4) is 0 Å². The van der Waals surface area contributed by atoms with Gasteiger partial charge in [0.15, 0.2) is 5.76 Å². The van der Waals surface area contributed by atoms with E-state index in [0.717, 1.165) is 5.75 Å². The minimum Gasteiger partial charge on any atom is -0.487 e. The lowest BCUT2D eigenvalue weighted by atomic mass is 10.1. The highest BCUT2D eigenvalue weighted by molar-refractivity contribution is 8.02. The second kappa shape index (κ2) is 7.74. The molecule has 0 fully saturated rings. The fraction of sp³-hybridized carbons (Fsp3) is 0.176. The Morgan fingerprint density at radius 3 is 2.75 bits per heavy atom. The maximum absolute atomic E-state index is 12.4. The van der Waals surface area contributed by atoms with Gasteiger partial charge in [-0.25, -0.2) is 0 Å². The zero-order chi connectivity index (χ0) is 16.8. The van der Waals surface area contributed by atoms with Crippen molar-refractivity contribution in [3.05, 3.63) is 65.2 Å². The third kappa shape index (κ3) is 3.99. The molecule has 0 radical (unpaired) electrons. The van der Waals surface area contributed by atoms with Crippen molar-refractivity contribution in [2.24, 2.45) is 0 Å². The molecule has 124 valence electrons. The van der Waals surface area contributed by atoms with Gasteiger partial charge in [0.2, 0.25) is 0 Å². The van der Waals surface area contributed by atoms with E-state index in [2.05, 4.69) is 10.6 Å². The third-order valence-corrected chi connectivity index (χ3v) is 4.08. The van der Waals surface area contributed by atoms with Gasteiger partial charge in [-0.15, -0.1) is 11.8 Å². The molecule has 2 heterocycles. The van der Waals surface area contributed by atoms with E-state index in [-0.39, 0.29) is 24.1 Å². The van der Waals surface area contributed by atoms with Gasteiger partial charge < -0.3 is 19.8 Å². The molecule has 1 aromatic heterocycles. The predicted octanol–water partition coefficient (Wildman–Crippen LogP) is 2.75. The van der Waals surface area contributed by atoms with Crippen LogP contribution in [0.25, 0.3) is 0 Å². The van der Waals surface area contributed by atoms with Gasteiger partial charge in [0, 0.05) is 11.2 Å². The fourth-order valence-corrected chi connectivity index (χ4v) is 2.76. The van der Waals surface area contributed by atoms with Gasteiger partial charge in [0.05, 0.1) is 30.7 Å². The van der Waals surface area contributed by atoms with Crippen molar-refractivity contribution in [1.29, 1.82) is 0 Å². The Morgan fingerprint density at radius 2 is 2.00 bits per heavy atom. The number of ether oxygens (including phenoxy) is 1. The van der Waals surface area contributed by atoms with Gasteiger partial charge in [-0.1, -0.05) is 12.1 Å². The zero-order valence-corrected chi connectivity index (χ0v) is 13.6. The molecule has 1 aliphatic heterocycles. The molecule has 0 bridgehead atoms. The normalized spacial score (nSPS) is 13.6. The van der Waals surface area contributed by atoms with Crippen LogP contribution in [-0.2, 0) is 16.1 Å². The average molecular weight is 344 g/mol. The second-order valence-corrected chi connectivity index (χ2v) is 5.94. The molecule has 6 nitrogen and oxygen atoms in total. The first kappa shape index (κ1) is 16.2. The topological polar surface area (TPSA) is 80.6 Å². The van der Waals surface area contributed by atoms with E-state index in [1.807, 2.05) is 0 Å². The number of benzene rings is 1. The highest BCUT2D eigenvalue weighted by Gasteiger charge is 2.18. The van der Waals surface area contributed by atoms with Crippen molar-refractivity contribution in [1.82, 2.24) is 5.32 Å². The van der Waals surface area contributed by atoms with Gasteiger partial charge in [0.1, 0.15) is 5.76 Å². The van der Waals surface area contributed by atoms with Crippen LogP contribution in [0.2, 0.25) is 0 Å². The average Bonchev–Trinajstić information content (AvgIpc) is 3.14. The molecule has 0 unspecified atom stereocenters. The van der Waals surface area contributed by atoms with Gasteiger partial charge in [-0.3, -0.25) is 9.59 Å². The molecule has 24 heavy (non-hydrogen) atoms. The van der Waals surface area contributed by atoms with E-state index in [0.29, 0.717) is 23.6 Å². The summed E-state index contributed by atoms with van der Waals surface area (Å²) in [6.07, 6.45) is 1.55. The number of amides is 2. The van der Waals surface area contributed by atoms with Crippen molar-refractivity contribution >= 4 is 29.3 Å².